The van der Waals surface area contributed by atoms with Crippen molar-refractivity contribution < 1.29 is 5.11 Å². The lowest BCUT2D eigenvalue weighted by Crippen LogP contribution is -1.90. The van der Waals surface area contributed by atoms with E-state index in [9.17, 15) is 5.11 Å². The monoisotopic (exact) mass is 223 g/mol. The van der Waals surface area contributed by atoms with Crippen LogP contribution in [-0.4, -0.2) is 20.1 Å². The number of pyridine rings is 1. The fraction of sp³-hybridized carbons (Fsp3) is 0. The third-order valence-electron chi connectivity index (χ3n) is 2.48. The summed E-state index contributed by atoms with van der Waals surface area (Å²) in [6.07, 6.45) is 3.40. The van der Waals surface area contributed by atoms with Crippen molar-refractivity contribution in [3.8, 4) is 17.0 Å². The highest BCUT2D eigenvalue weighted by Gasteiger charge is 2.02. The largest absolute Gasteiger partial charge is 0.508 e. The van der Waals surface area contributed by atoms with E-state index in [1.54, 1.807) is 36.7 Å². The van der Waals surface area contributed by atoms with E-state index in [1.165, 1.54) is 0 Å². The summed E-state index contributed by atoms with van der Waals surface area (Å²) in [5, 5.41) is 9.23. The molecule has 2 heterocycles. The first-order valence-electron chi connectivity index (χ1n) is 5.20. The molecule has 0 saturated heterocycles. The SMILES string of the molecule is Oc1ccc(-c2cnc3cccnc3n2)cc1. The Hall–Kier alpha value is -2.49. The van der Waals surface area contributed by atoms with Gasteiger partial charge in [0.2, 0.25) is 0 Å². The van der Waals surface area contributed by atoms with Gasteiger partial charge in [-0.2, -0.15) is 0 Å². The second kappa shape index (κ2) is 3.83. The summed E-state index contributed by atoms with van der Waals surface area (Å²) in [7, 11) is 0. The van der Waals surface area contributed by atoms with E-state index >= 15 is 0 Å². The molecule has 1 N–H and O–H groups in total. The number of benzene rings is 1. The van der Waals surface area contributed by atoms with Gasteiger partial charge in [0.15, 0.2) is 5.65 Å². The molecule has 0 radical (unpaired) electrons. The smallest absolute Gasteiger partial charge is 0.178 e. The predicted molar refractivity (Wildman–Crippen MR) is 64.4 cm³/mol. The molecule has 2 aromatic heterocycles. The lowest BCUT2D eigenvalue weighted by Gasteiger charge is -2.01. The second-order valence-electron chi connectivity index (χ2n) is 3.65. The first kappa shape index (κ1) is 9.72. The Kier molecular flexibility index (Phi) is 2.19. The third kappa shape index (κ3) is 1.80. The van der Waals surface area contributed by atoms with E-state index in [2.05, 4.69) is 15.0 Å². The lowest BCUT2D eigenvalue weighted by atomic mass is 10.1. The Morgan fingerprint density at radius 3 is 2.59 bits per heavy atom. The van der Waals surface area contributed by atoms with E-state index in [0.29, 0.717) is 5.65 Å². The van der Waals surface area contributed by atoms with Crippen molar-refractivity contribution in [2.45, 2.75) is 0 Å². The van der Waals surface area contributed by atoms with Crippen LogP contribution in [0.3, 0.4) is 0 Å². The Morgan fingerprint density at radius 1 is 0.941 bits per heavy atom. The number of fused-ring (bicyclic) bond motifs is 1. The average molecular weight is 223 g/mol. The zero-order valence-corrected chi connectivity index (χ0v) is 8.91. The van der Waals surface area contributed by atoms with Crippen LogP contribution in [0.4, 0.5) is 0 Å². The molecule has 1 aromatic carbocycles. The van der Waals surface area contributed by atoms with E-state index < -0.39 is 0 Å². The second-order valence-corrected chi connectivity index (χ2v) is 3.65. The number of nitrogens with zero attached hydrogens (tertiary/aromatic N) is 3. The van der Waals surface area contributed by atoms with Crippen LogP contribution in [0.1, 0.15) is 0 Å². The van der Waals surface area contributed by atoms with Gasteiger partial charge in [-0.05, 0) is 36.4 Å². The summed E-state index contributed by atoms with van der Waals surface area (Å²) in [6, 6.07) is 10.6. The van der Waals surface area contributed by atoms with Gasteiger partial charge in [0.25, 0.3) is 0 Å². The van der Waals surface area contributed by atoms with E-state index in [-0.39, 0.29) is 5.75 Å². The number of hydrogen-bond donors (Lipinski definition) is 1. The van der Waals surface area contributed by atoms with Crippen molar-refractivity contribution in [2.75, 3.05) is 0 Å². The number of hydrogen-bond acceptors (Lipinski definition) is 4. The van der Waals surface area contributed by atoms with Gasteiger partial charge in [0, 0.05) is 11.8 Å². The van der Waals surface area contributed by atoms with Crippen LogP contribution in [0.5, 0.6) is 5.75 Å². The maximum atomic E-state index is 9.23. The summed E-state index contributed by atoms with van der Waals surface area (Å²) in [5.41, 5.74) is 3.05. The third-order valence-corrected chi connectivity index (χ3v) is 2.48. The molecule has 0 amide bonds. The molecule has 4 heteroatoms. The summed E-state index contributed by atoms with van der Waals surface area (Å²) in [5.74, 6) is 0.237. The number of rotatable bonds is 1. The van der Waals surface area contributed by atoms with Gasteiger partial charge >= 0.3 is 0 Å². The van der Waals surface area contributed by atoms with Crippen LogP contribution >= 0.6 is 0 Å². The van der Waals surface area contributed by atoms with Crippen molar-refractivity contribution in [3.63, 3.8) is 0 Å². The quantitative estimate of drug-likeness (QED) is 0.688. The van der Waals surface area contributed by atoms with Crippen LogP contribution in [0.25, 0.3) is 22.4 Å². The van der Waals surface area contributed by atoms with Crippen molar-refractivity contribution in [1.82, 2.24) is 15.0 Å². The van der Waals surface area contributed by atoms with Gasteiger partial charge in [-0.15, -0.1) is 0 Å². The molecule has 0 bridgehead atoms. The zero-order valence-electron chi connectivity index (χ0n) is 8.91. The van der Waals surface area contributed by atoms with E-state index in [4.69, 9.17) is 0 Å². The summed E-state index contributed by atoms with van der Waals surface area (Å²) >= 11 is 0. The van der Waals surface area contributed by atoms with Gasteiger partial charge < -0.3 is 5.11 Å². The fourth-order valence-corrected chi connectivity index (χ4v) is 1.62. The van der Waals surface area contributed by atoms with Crippen molar-refractivity contribution in [2.24, 2.45) is 0 Å². The topological polar surface area (TPSA) is 58.9 Å². The number of phenolic OH excluding ortho intramolecular Hbond substituents is 1. The van der Waals surface area contributed by atoms with E-state index in [1.807, 2.05) is 12.1 Å². The molecular formula is C13H9N3O. The molecule has 0 unspecified atom stereocenters. The molecule has 0 aliphatic carbocycles. The molecule has 4 nitrogen and oxygen atoms in total. The van der Waals surface area contributed by atoms with Crippen LogP contribution in [0.15, 0.2) is 48.8 Å². The molecule has 3 aromatic rings. The highest BCUT2D eigenvalue weighted by molar-refractivity contribution is 5.73. The highest BCUT2D eigenvalue weighted by Crippen LogP contribution is 2.20. The average Bonchev–Trinajstić information content (AvgIpc) is 2.39. The van der Waals surface area contributed by atoms with Gasteiger partial charge in [0.05, 0.1) is 11.9 Å². The van der Waals surface area contributed by atoms with Crippen molar-refractivity contribution >= 4 is 11.2 Å². The van der Waals surface area contributed by atoms with Crippen LogP contribution in [0, 0.1) is 0 Å². The van der Waals surface area contributed by atoms with Crippen molar-refractivity contribution in [1.29, 1.82) is 0 Å². The standard InChI is InChI=1S/C13H9N3O/c17-10-5-3-9(4-6-10)12-8-15-11-2-1-7-14-13(11)16-12/h1-8,17H. The molecule has 0 spiro atoms. The van der Waals surface area contributed by atoms with Crippen LogP contribution in [0.2, 0.25) is 0 Å². The molecule has 0 atom stereocenters. The Balaban J connectivity index is 2.14. The van der Waals surface area contributed by atoms with Crippen molar-refractivity contribution in [3.05, 3.63) is 48.8 Å². The Morgan fingerprint density at radius 2 is 1.76 bits per heavy atom. The maximum Gasteiger partial charge on any atom is 0.178 e. The summed E-state index contributed by atoms with van der Waals surface area (Å²) in [4.78, 5) is 12.9. The highest BCUT2D eigenvalue weighted by atomic mass is 16.3. The fourth-order valence-electron chi connectivity index (χ4n) is 1.62. The summed E-state index contributed by atoms with van der Waals surface area (Å²) < 4.78 is 0. The number of aromatic hydroxyl groups is 1. The normalized spacial score (nSPS) is 10.6. The molecular weight excluding hydrogens is 214 g/mol. The van der Waals surface area contributed by atoms with Gasteiger partial charge in [-0.1, -0.05) is 0 Å². The van der Waals surface area contributed by atoms with Gasteiger partial charge in [-0.3, -0.25) is 4.98 Å². The molecule has 82 valence electrons. The lowest BCUT2D eigenvalue weighted by molar-refractivity contribution is 0.475. The predicted octanol–water partition coefficient (Wildman–Crippen LogP) is 2.40. The summed E-state index contributed by atoms with van der Waals surface area (Å²) in [6.45, 7) is 0. The number of phenols is 1. The molecule has 0 aliphatic heterocycles. The molecule has 0 saturated carbocycles. The number of aromatic nitrogens is 3. The molecule has 0 aliphatic rings. The molecule has 0 fully saturated rings. The minimum atomic E-state index is 0.237. The van der Waals surface area contributed by atoms with Crippen LogP contribution in [-0.2, 0) is 0 Å². The van der Waals surface area contributed by atoms with E-state index in [0.717, 1.165) is 16.8 Å². The van der Waals surface area contributed by atoms with Gasteiger partial charge in [0.1, 0.15) is 11.3 Å². The minimum absolute atomic E-state index is 0.237. The Labute approximate surface area is 97.6 Å². The Bertz CT molecular complexity index is 665. The first-order valence-corrected chi connectivity index (χ1v) is 5.20. The van der Waals surface area contributed by atoms with Gasteiger partial charge in [-0.25, -0.2) is 9.97 Å². The van der Waals surface area contributed by atoms with Crippen LogP contribution < -0.4 is 0 Å². The first-order chi connectivity index (χ1) is 8.33. The maximum absolute atomic E-state index is 9.23. The molecule has 3 rings (SSSR count). The molecule has 17 heavy (non-hydrogen) atoms. The minimum Gasteiger partial charge on any atom is -0.508 e. The zero-order chi connectivity index (χ0) is 11.7.